The van der Waals surface area contributed by atoms with Gasteiger partial charge in [-0.15, -0.1) is 0 Å². The van der Waals surface area contributed by atoms with Gasteiger partial charge in [-0.3, -0.25) is 9.89 Å². The number of para-hydroxylation sites is 1. The molecule has 1 aliphatic heterocycles. The molecular weight excluding hydrogens is 390 g/mol. The normalized spacial score (nSPS) is 15.7. The van der Waals surface area contributed by atoms with Crippen LogP contribution in [-0.4, -0.2) is 45.9 Å². The zero-order valence-corrected chi connectivity index (χ0v) is 16.8. The number of nitrogens with zero attached hydrogens (tertiary/aromatic N) is 2. The minimum atomic E-state index is -0.315. The number of phenolic OH excluding ortho intramolecular Hbond substituents is 1. The van der Waals surface area contributed by atoms with Crippen LogP contribution in [0.15, 0.2) is 48.5 Å². The van der Waals surface area contributed by atoms with Crippen molar-refractivity contribution in [2.45, 2.75) is 19.4 Å². The molecule has 3 aromatic rings. The number of aromatic amines is 1. The number of ether oxygens (including phenoxy) is 1. The fraction of sp³-hybridized carbons (Fsp3) is 0.273. The summed E-state index contributed by atoms with van der Waals surface area (Å²) < 4.78 is 5.44. The van der Waals surface area contributed by atoms with E-state index >= 15 is 0 Å². The van der Waals surface area contributed by atoms with Crippen molar-refractivity contribution in [3.63, 3.8) is 0 Å². The van der Waals surface area contributed by atoms with E-state index in [-0.39, 0.29) is 17.7 Å². The van der Waals surface area contributed by atoms with Crippen molar-refractivity contribution in [2.75, 3.05) is 19.8 Å². The summed E-state index contributed by atoms with van der Waals surface area (Å²) in [5.74, 6) is 0.0181. The number of aromatic hydroxyl groups is 1. The first-order chi connectivity index (χ1) is 14.1. The third-order valence-electron chi connectivity index (χ3n) is 5.10. The Labute approximate surface area is 174 Å². The van der Waals surface area contributed by atoms with Crippen LogP contribution in [0.25, 0.3) is 11.3 Å². The second kappa shape index (κ2) is 8.27. The molecule has 2 heterocycles. The smallest absolute Gasteiger partial charge is 0.273 e. The maximum absolute atomic E-state index is 13.2. The number of carbonyl (C=O) groups excluding carboxylic acids is 1. The lowest BCUT2D eigenvalue weighted by Gasteiger charge is -2.26. The maximum Gasteiger partial charge on any atom is 0.273 e. The monoisotopic (exact) mass is 411 g/mol. The van der Waals surface area contributed by atoms with E-state index in [1.807, 2.05) is 42.2 Å². The van der Waals surface area contributed by atoms with Gasteiger partial charge in [0.2, 0.25) is 0 Å². The molecule has 1 aliphatic rings. The zero-order chi connectivity index (χ0) is 20.4. The minimum absolute atomic E-state index is 0.106. The molecular formula is C22H22ClN3O3. The molecule has 29 heavy (non-hydrogen) atoms. The highest BCUT2D eigenvalue weighted by Crippen LogP contribution is 2.44. The SMILES string of the molecule is CCOCCCN1C(=O)c2[nH]nc(-c3ccccc3O)c2C1c1ccc(Cl)cc1. The van der Waals surface area contributed by atoms with Crippen molar-refractivity contribution in [3.8, 4) is 17.0 Å². The molecule has 0 spiro atoms. The standard InChI is InChI=1S/C22H22ClN3O3/c1-2-29-13-5-12-26-21(14-8-10-15(23)11-9-14)18-19(24-25-20(18)22(26)28)16-6-3-4-7-17(16)27/h3-4,6-11,21,27H,2,5,12-13H2,1H3,(H,24,25). The number of nitrogens with one attached hydrogen (secondary N) is 1. The number of fused-ring (bicyclic) bond motifs is 1. The van der Waals surface area contributed by atoms with E-state index < -0.39 is 0 Å². The van der Waals surface area contributed by atoms with E-state index in [0.29, 0.717) is 41.7 Å². The molecule has 0 fully saturated rings. The Balaban J connectivity index is 1.78. The molecule has 150 valence electrons. The number of carbonyl (C=O) groups is 1. The number of aromatic nitrogens is 2. The van der Waals surface area contributed by atoms with Gasteiger partial charge in [-0.05, 0) is 43.2 Å². The lowest BCUT2D eigenvalue weighted by Crippen LogP contribution is -2.31. The van der Waals surface area contributed by atoms with E-state index in [9.17, 15) is 9.90 Å². The van der Waals surface area contributed by atoms with Crippen molar-refractivity contribution >= 4 is 17.5 Å². The summed E-state index contributed by atoms with van der Waals surface area (Å²) in [6.07, 6.45) is 0.729. The number of rotatable bonds is 7. The third kappa shape index (κ3) is 3.61. The summed E-state index contributed by atoms with van der Waals surface area (Å²) in [5, 5.41) is 18.3. The van der Waals surface area contributed by atoms with Crippen molar-refractivity contribution in [2.24, 2.45) is 0 Å². The molecule has 0 bridgehead atoms. The zero-order valence-electron chi connectivity index (χ0n) is 16.1. The molecule has 0 saturated carbocycles. The Hall–Kier alpha value is -2.83. The van der Waals surface area contributed by atoms with Crippen LogP contribution in [0.1, 0.15) is 41.0 Å². The van der Waals surface area contributed by atoms with Crippen LogP contribution in [0.3, 0.4) is 0 Å². The fourth-order valence-corrected chi connectivity index (χ4v) is 3.91. The van der Waals surface area contributed by atoms with Gasteiger partial charge < -0.3 is 14.7 Å². The van der Waals surface area contributed by atoms with Crippen LogP contribution < -0.4 is 0 Å². The number of amides is 1. The highest BCUT2D eigenvalue weighted by molar-refractivity contribution is 6.30. The average Bonchev–Trinajstić information content (AvgIpc) is 3.26. The van der Waals surface area contributed by atoms with Gasteiger partial charge >= 0.3 is 0 Å². The highest BCUT2D eigenvalue weighted by atomic mass is 35.5. The van der Waals surface area contributed by atoms with Crippen molar-refractivity contribution in [3.05, 3.63) is 70.4 Å². The van der Waals surface area contributed by atoms with Crippen LogP contribution in [0.4, 0.5) is 0 Å². The Morgan fingerprint density at radius 2 is 1.97 bits per heavy atom. The van der Waals surface area contributed by atoms with Crippen LogP contribution >= 0.6 is 11.6 Å². The molecule has 6 nitrogen and oxygen atoms in total. The largest absolute Gasteiger partial charge is 0.507 e. The third-order valence-corrected chi connectivity index (χ3v) is 5.35. The van der Waals surface area contributed by atoms with Crippen LogP contribution in [0, 0.1) is 0 Å². The second-order valence-corrected chi connectivity index (χ2v) is 7.32. The highest BCUT2D eigenvalue weighted by Gasteiger charge is 2.42. The van der Waals surface area contributed by atoms with Gasteiger partial charge in [0, 0.05) is 35.9 Å². The van der Waals surface area contributed by atoms with Gasteiger partial charge in [0.1, 0.15) is 17.1 Å². The van der Waals surface area contributed by atoms with Crippen molar-refractivity contribution < 1.29 is 14.6 Å². The molecule has 0 radical (unpaired) electrons. The van der Waals surface area contributed by atoms with E-state index in [1.165, 1.54) is 0 Å². The van der Waals surface area contributed by atoms with E-state index in [4.69, 9.17) is 16.3 Å². The van der Waals surface area contributed by atoms with Gasteiger partial charge in [-0.1, -0.05) is 35.9 Å². The average molecular weight is 412 g/mol. The summed E-state index contributed by atoms with van der Waals surface area (Å²) in [6, 6.07) is 14.2. The summed E-state index contributed by atoms with van der Waals surface area (Å²) in [6.45, 7) is 3.74. The Morgan fingerprint density at radius 3 is 2.69 bits per heavy atom. The Morgan fingerprint density at radius 1 is 1.21 bits per heavy atom. The van der Waals surface area contributed by atoms with Crippen LogP contribution in [-0.2, 0) is 4.74 Å². The molecule has 0 aliphatic carbocycles. The summed E-state index contributed by atoms with van der Waals surface area (Å²) in [4.78, 5) is 15.0. The summed E-state index contributed by atoms with van der Waals surface area (Å²) >= 11 is 6.08. The summed E-state index contributed by atoms with van der Waals surface area (Å²) in [7, 11) is 0. The predicted octanol–water partition coefficient (Wildman–Crippen LogP) is 4.41. The van der Waals surface area contributed by atoms with E-state index in [0.717, 1.165) is 17.5 Å². The molecule has 2 N–H and O–H groups in total. The molecule has 4 rings (SSSR count). The molecule has 1 unspecified atom stereocenters. The van der Waals surface area contributed by atoms with E-state index in [2.05, 4.69) is 10.2 Å². The summed E-state index contributed by atoms with van der Waals surface area (Å²) in [5.41, 5.74) is 3.34. The van der Waals surface area contributed by atoms with Gasteiger partial charge in [0.05, 0.1) is 6.04 Å². The number of hydrogen-bond acceptors (Lipinski definition) is 4. The first-order valence-electron chi connectivity index (χ1n) is 9.62. The van der Waals surface area contributed by atoms with Gasteiger partial charge in [0.25, 0.3) is 5.91 Å². The lowest BCUT2D eigenvalue weighted by molar-refractivity contribution is 0.0710. The molecule has 0 saturated heterocycles. The molecule has 1 atom stereocenters. The van der Waals surface area contributed by atoms with Gasteiger partial charge in [-0.2, -0.15) is 5.10 Å². The molecule has 7 heteroatoms. The second-order valence-electron chi connectivity index (χ2n) is 6.88. The van der Waals surface area contributed by atoms with Crippen molar-refractivity contribution in [1.29, 1.82) is 0 Å². The first-order valence-corrected chi connectivity index (χ1v) is 10.0. The minimum Gasteiger partial charge on any atom is -0.507 e. The maximum atomic E-state index is 13.2. The van der Waals surface area contributed by atoms with Crippen LogP contribution in [0.5, 0.6) is 5.75 Å². The predicted molar refractivity (Wildman–Crippen MR) is 111 cm³/mol. The number of benzene rings is 2. The molecule has 1 aromatic heterocycles. The van der Waals surface area contributed by atoms with Crippen molar-refractivity contribution in [1.82, 2.24) is 15.1 Å². The van der Waals surface area contributed by atoms with Crippen LogP contribution in [0.2, 0.25) is 5.02 Å². The quantitative estimate of drug-likeness (QED) is 0.564. The molecule has 2 aromatic carbocycles. The Kier molecular flexibility index (Phi) is 5.56. The lowest BCUT2D eigenvalue weighted by atomic mass is 9.95. The van der Waals surface area contributed by atoms with Gasteiger partial charge in [0.15, 0.2) is 0 Å². The number of hydrogen-bond donors (Lipinski definition) is 2. The first kappa shape index (κ1) is 19.5. The number of H-pyrrole nitrogens is 1. The topological polar surface area (TPSA) is 78.5 Å². The number of halogens is 1. The number of phenols is 1. The van der Waals surface area contributed by atoms with Gasteiger partial charge in [-0.25, -0.2) is 0 Å². The molecule has 1 amide bonds. The Bertz CT molecular complexity index is 1020. The van der Waals surface area contributed by atoms with E-state index in [1.54, 1.807) is 18.2 Å². The fourth-order valence-electron chi connectivity index (χ4n) is 3.78.